The van der Waals surface area contributed by atoms with Crippen molar-refractivity contribution in [2.75, 3.05) is 13.1 Å². The number of aromatic nitrogens is 5. The lowest BCUT2D eigenvalue weighted by atomic mass is 10.0. The quantitative estimate of drug-likeness (QED) is 0.717. The molecule has 0 N–H and O–H groups in total. The van der Waals surface area contributed by atoms with Gasteiger partial charge in [-0.25, -0.2) is 4.98 Å². The molecular weight excluding hydrogens is 340 g/mol. The summed E-state index contributed by atoms with van der Waals surface area (Å²) in [6, 6.07) is 6.17. The highest BCUT2D eigenvalue weighted by Crippen LogP contribution is 2.30. The minimum absolute atomic E-state index is 0.0632. The van der Waals surface area contributed by atoms with Gasteiger partial charge in [0.2, 0.25) is 0 Å². The van der Waals surface area contributed by atoms with Crippen LogP contribution in [0.1, 0.15) is 40.8 Å². The highest BCUT2D eigenvalue weighted by molar-refractivity contribution is 5.92. The molecule has 3 aromatic heterocycles. The number of rotatable bonds is 3. The van der Waals surface area contributed by atoms with Gasteiger partial charge >= 0.3 is 0 Å². The summed E-state index contributed by atoms with van der Waals surface area (Å²) >= 11 is 0. The van der Waals surface area contributed by atoms with Crippen molar-refractivity contribution in [3.63, 3.8) is 0 Å². The molecule has 1 saturated heterocycles. The zero-order valence-electron chi connectivity index (χ0n) is 16.0. The molecule has 7 heteroatoms. The second kappa shape index (κ2) is 6.98. The molecule has 1 aliphatic heterocycles. The van der Waals surface area contributed by atoms with E-state index in [-0.39, 0.29) is 5.91 Å². The van der Waals surface area contributed by atoms with Crippen molar-refractivity contribution in [2.45, 2.75) is 32.7 Å². The van der Waals surface area contributed by atoms with E-state index in [0.717, 1.165) is 48.7 Å². The molecule has 140 valence electrons. The first-order chi connectivity index (χ1) is 13.0. The van der Waals surface area contributed by atoms with Gasteiger partial charge in [0.25, 0.3) is 5.91 Å². The van der Waals surface area contributed by atoms with Crippen LogP contribution < -0.4 is 0 Å². The van der Waals surface area contributed by atoms with Gasteiger partial charge in [-0.15, -0.1) is 0 Å². The van der Waals surface area contributed by atoms with Crippen LogP contribution in [0.25, 0.3) is 11.4 Å². The molecular formula is C20H24N6O. The van der Waals surface area contributed by atoms with Gasteiger partial charge in [0.15, 0.2) is 0 Å². The van der Waals surface area contributed by atoms with Crippen LogP contribution in [0.4, 0.5) is 0 Å². The minimum Gasteiger partial charge on any atom is -0.337 e. The molecule has 4 rings (SSSR count). The van der Waals surface area contributed by atoms with Crippen LogP contribution in [-0.2, 0) is 7.05 Å². The van der Waals surface area contributed by atoms with Crippen molar-refractivity contribution in [1.82, 2.24) is 29.2 Å². The van der Waals surface area contributed by atoms with Crippen molar-refractivity contribution in [1.29, 1.82) is 0 Å². The Kier molecular flexibility index (Phi) is 4.51. The van der Waals surface area contributed by atoms with E-state index in [1.807, 2.05) is 43.3 Å². The molecule has 4 heterocycles. The summed E-state index contributed by atoms with van der Waals surface area (Å²) in [7, 11) is 1.82. The predicted molar refractivity (Wildman–Crippen MR) is 102 cm³/mol. The number of likely N-dealkylation sites (tertiary alicyclic amines) is 1. The smallest absolute Gasteiger partial charge is 0.272 e. The van der Waals surface area contributed by atoms with Crippen LogP contribution in [0.15, 0.2) is 36.8 Å². The SMILES string of the molecule is Cc1cc(C(=O)N2CCC(n3c(C)cnc3-c3ccncc3)CC2)n(C)n1. The standard InChI is InChI=1S/C20H24N6O/c1-14-12-18(24(3)23-14)20(27)25-10-6-17(7-11-25)26-15(2)13-22-19(26)16-4-8-21-9-5-16/h4-5,8-9,12-13,17H,6-7,10-11H2,1-3H3. The van der Waals surface area contributed by atoms with Gasteiger partial charge in [-0.3, -0.25) is 14.5 Å². The number of hydrogen-bond donors (Lipinski definition) is 0. The van der Waals surface area contributed by atoms with Crippen molar-refractivity contribution in [2.24, 2.45) is 7.05 Å². The van der Waals surface area contributed by atoms with Crippen LogP contribution in [0.2, 0.25) is 0 Å². The van der Waals surface area contributed by atoms with Crippen molar-refractivity contribution in [3.8, 4) is 11.4 Å². The predicted octanol–water partition coefficient (Wildman–Crippen LogP) is 2.77. The third-order valence-electron chi connectivity index (χ3n) is 5.26. The number of pyridine rings is 1. The molecule has 0 aromatic carbocycles. The van der Waals surface area contributed by atoms with Gasteiger partial charge in [0.05, 0.1) is 5.69 Å². The highest BCUT2D eigenvalue weighted by atomic mass is 16.2. The summed E-state index contributed by atoms with van der Waals surface area (Å²) in [5.74, 6) is 1.04. The zero-order valence-corrected chi connectivity index (χ0v) is 16.0. The lowest BCUT2D eigenvalue weighted by Gasteiger charge is -2.34. The lowest BCUT2D eigenvalue weighted by Crippen LogP contribution is -2.40. The monoisotopic (exact) mass is 364 g/mol. The van der Waals surface area contributed by atoms with Crippen molar-refractivity contribution in [3.05, 3.63) is 53.9 Å². The highest BCUT2D eigenvalue weighted by Gasteiger charge is 2.28. The fourth-order valence-corrected chi connectivity index (χ4v) is 3.92. The van der Waals surface area contributed by atoms with Gasteiger partial charge in [0, 0.05) is 56.0 Å². The average molecular weight is 364 g/mol. The Morgan fingerprint density at radius 3 is 2.48 bits per heavy atom. The maximum atomic E-state index is 12.8. The lowest BCUT2D eigenvalue weighted by molar-refractivity contribution is 0.0683. The van der Waals surface area contributed by atoms with Crippen LogP contribution in [0.3, 0.4) is 0 Å². The minimum atomic E-state index is 0.0632. The molecule has 0 atom stereocenters. The third kappa shape index (κ3) is 3.25. The molecule has 1 fully saturated rings. The molecule has 1 aliphatic rings. The van der Waals surface area contributed by atoms with E-state index in [4.69, 9.17) is 0 Å². The molecule has 1 amide bonds. The molecule has 3 aromatic rings. The first-order valence-corrected chi connectivity index (χ1v) is 9.28. The maximum absolute atomic E-state index is 12.8. The van der Waals surface area contributed by atoms with Crippen LogP contribution in [0.5, 0.6) is 0 Å². The third-order valence-corrected chi connectivity index (χ3v) is 5.26. The summed E-state index contributed by atoms with van der Waals surface area (Å²) in [4.78, 5) is 23.5. The van der Waals surface area contributed by atoms with Gasteiger partial charge in [-0.05, 0) is 44.9 Å². The molecule has 0 aliphatic carbocycles. The fourth-order valence-electron chi connectivity index (χ4n) is 3.92. The van der Waals surface area contributed by atoms with Gasteiger partial charge in [-0.2, -0.15) is 5.10 Å². The first kappa shape index (κ1) is 17.5. The summed E-state index contributed by atoms with van der Waals surface area (Å²) in [5, 5.41) is 4.29. The number of carbonyl (C=O) groups is 1. The Hall–Kier alpha value is -2.96. The maximum Gasteiger partial charge on any atom is 0.272 e. The molecule has 0 saturated carbocycles. The zero-order chi connectivity index (χ0) is 19.0. The Labute approximate surface area is 158 Å². The number of aryl methyl sites for hydroxylation is 3. The molecule has 0 bridgehead atoms. The van der Waals surface area contributed by atoms with Gasteiger partial charge in [-0.1, -0.05) is 0 Å². The number of amides is 1. The first-order valence-electron chi connectivity index (χ1n) is 9.28. The van der Waals surface area contributed by atoms with E-state index in [1.54, 1.807) is 17.1 Å². The van der Waals surface area contributed by atoms with E-state index in [1.165, 1.54) is 0 Å². The summed E-state index contributed by atoms with van der Waals surface area (Å²) in [6.45, 7) is 5.47. The van der Waals surface area contributed by atoms with E-state index in [9.17, 15) is 4.79 Å². The number of hydrogen-bond acceptors (Lipinski definition) is 4. The van der Waals surface area contributed by atoms with E-state index >= 15 is 0 Å². The summed E-state index contributed by atoms with van der Waals surface area (Å²) in [6.07, 6.45) is 7.34. The Bertz CT molecular complexity index is 950. The number of carbonyl (C=O) groups excluding carboxylic acids is 1. The topological polar surface area (TPSA) is 68.8 Å². The Morgan fingerprint density at radius 1 is 1.15 bits per heavy atom. The fraction of sp³-hybridized carbons (Fsp3) is 0.400. The normalized spacial score (nSPS) is 15.3. The van der Waals surface area contributed by atoms with Crippen LogP contribution >= 0.6 is 0 Å². The van der Waals surface area contributed by atoms with Gasteiger partial charge < -0.3 is 9.47 Å². The number of nitrogens with zero attached hydrogens (tertiary/aromatic N) is 6. The molecule has 0 radical (unpaired) electrons. The van der Waals surface area contributed by atoms with Crippen molar-refractivity contribution >= 4 is 5.91 Å². The van der Waals surface area contributed by atoms with E-state index in [0.29, 0.717) is 11.7 Å². The van der Waals surface area contributed by atoms with Crippen LogP contribution in [-0.4, -0.2) is 48.2 Å². The molecule has 7 nitrogen and oxygen atoms in total. The largest absolute Gasteiger partial charge is 0.337 e. The summed E-state index contributed by atoms with van der Waals surface area (Å²) < 4.78 is 3.98. The second-order valence-corrected chi connectivity index (χ2v) is 7.15. The van der Waals surface area contributed by atoms with E-state index in [2.05, 4.69) is 26.6 Å². The summed E-state index contributed by atoms with van der Waals surface area (Å²) in [5.41, 5.74) is 3.74. The average Bonchev–Trinajstić information content (AvgIpc) is 3.23. The van der Waals surface area contributed by atoms with Crippen LogP contribution in [0, 0.1) is 13.8 Å². The van der Waals surface area contributed by atoms with E-state index < -0.39 is 0 Å². The Morgan fingerprint density at radius 2 is 1.85 bits per heavy atom. The number of imidazole rings is 1. The second-order valence-electron chi connectivity index (χ2n) is 7.15. The molecule has 0 spiro atoms. The molecule has 27 heavy (non-hydrogen) atoms. The van der Waals surface area contributed by atoms with Crippen molar-refractivity contribution < 1.29 is 4.79 Å². The Balaban J connectivity index is 1.51. The van der Waals surface area contributed by atoms with Gasteiger partial charge in [0.1, 0.15) is 11.5 Å². The molecule has 0 unspecified atom stereocenters. The number of piperidine rings is 1.